The third kappa shape index (κ3) is 8.89. The predicted molar refractivity (Wildman–Crippen MR) is 69.2 cm³/mol. The van der Waals surface area contributed by atoms with E-state index in [9.17, 15) is 0 Å². The summed E-state index contributed by atoms with van der Waals surface area (Å²) in [5.74, 6) is 2.64. The number of nitrogens with one attached hydrogen (secondary N) is 1. The third-order valence-electron chi connectivity index (χ3n) is 2.28. The Morgan fingerprint density at radius 1 is 1.07 bits per heavy atom. The van der Waals surface area contributed by atoms with E-state index in [1.54, 1.807) is 0 Å². The SMILES string of the molecule is CCCCSCC(CCC)NCCC. The van der Waals surface area contributed by atoms with Crippen LogP contribution in [0.15, 0.2) is 0 Å². The smallest absolute Gasteiger partial charge is 0.0158 e. The van der Waals surface area contributed by atoms with Crippen molar-refractivity contribution in [3.05, 3.63) is 0 Å². The van der Waals surface area contributed by atoms with Crippen LogP contribution in [0.2, 0.25) is 0 Å². The number of hydrogen-bond acceptors (Lipinski definition) is 2. The number of thioether (sulfide) groups is 1. The first-order valence-electron chi connectivity index (χ1n) is 6.16. The molecule has 0 radical (unpaired) electrons. The summed E-state index contributed by atoms with van der Waals surface area (Å²) in [6.07, 6.45) is 6.58. The molecule has 0 aliphatic carbocycles. The molecular formula is C12H27NS. The Morgan fingerprint density at radius 3 is 2.43 bits per heavy atom. The van der Waals surface area contributed by atoms with Crippen LogP contribution >= 0.6 is 11.8 Å². The molecule has 0 aromatic carbocycles. The van der Waals surface area contributed by atoms with E-state index >= 15 is 0 Å². The van der Waals surface area contributed by atoms with E-state index in [-0.39, 0.29) is 0 Å². The Balaban J connectivity index is 3.40. The van der Waals surface area contributed by atoms with Gasteiger partial charge < -0.3 is 5.32 Å². The quantitative estimate of drug-likeness (QED) is 0.560. The lowest BCUT2D eigenvalue weighted by Gasteiger charge is -2.17. The first-order chi connectivity index (χ1) is 6.85. The summed E-state index contributed by atoms with van der Waals surface area (Å²) in [6.45, 7) is 7.95. The van der Waals surface area contributed by atoms with Gasteiger partial charge in [-0.1, -0.05) is 33.6 Å². The van der Waals surface area contributed by atoms with Crippen LogP contribution in [-0.4, -0.2) is 24.1 Å². The molecule has 0 amide bonds. The maximum atomic E-state index is 3.63. The molecule has 0 rings (SSSR count). The van der Waals surface area contributed by atoms with Crippen LogP contribution in [-0.2, 0) is 0 Å². The van der Waals surface area contributed by atoms with Gasteiger partial charge in [0.05, 0.1) is 0 Å². The van der Waals surface area contributed by atoms with Crippen LogP contribution in [0.4, 0.5) is 0 Å². The molecule has 0 fully saturated rings. The molecule has 0 aromatic heterocycles. The summed E-state index contributed by atoms with van der Waals surface area (Å²) in [6, 6.07) is 0.752. The first kappa shape index (κ1) is 14.3. The average molecular weight is 217 g/mol. The van der Waals surface area contributed by atoms with E-state index in [1.165, 1.54) is 50.2 Å². The fourth-order valence-electron chi connectivity index (χ4n) is 1.41. The van der Waals surface area contributed by atoms with Gasteiger partial charge in [-0.15, -0.1) is 0 Å². The maximum absolute atomic E-state index is 3.63. The zero-order valence-corrected chi connectivity index (χ0v) is 11.0. The second kappa shape index (κ2) is 11.4. The van der Waals surface area contributed by atoms with Gasteiger partial charge in [-0.3, -0.25) is 0 Å². The summed E-state index contributed by atoms with van der Waals surface area (Å²) >= 11 is 2.11. The topological polar surface area (TPSA) is 12.0 Å². The van der Waals surface area contributed by atoms with Gasteiger partial charge in [0.15, 0.2) is 0 Å². The second-order valence-electron chi connectivity index (χ2n) is 3.87. The predicted octanol–water partition coefficient (Wildman–Crippen LogP) is 3.69. The van der Waals surface area contributed by atoms with Gasteiger partial charge in [-0.2, -0.15) is 11.8 Å². The highest BCUT2D eigenvalue weighted by Crippen LogP contribution is 2.09. The van der Waals surface area contributed by atoms with Crippen molar-refractivity contribution in [2.75, 3.05) is 18.1 Å². The lowest BCUT2D eigenvalue weighted by molar-refractivity contribution is 0.514. The number of unbranched alkanes of at least 4 members (excludes halogenated alkanes) is 1. The fraction of sp³-hybridized carbons (Fsp3) is 1.00. The Bertz CT molecular complexity index is 106. The fourth-order valence-corrected chi connectivity index (χ4v) is 2.64. The molecule has 0 heterocycles. The zero-order chi connectivity index (χ0) is 10.6. The van der Waals surface area contributed by atoms with Crippen molar-refractivity contribution < 1.29 is 0 Å². The molecule has 1 N–H and O–H groups in total. The summed E-state index contributed by atoms with van der Waals surface area (Å²) in [7, 11) is 0. The summed E-state index contributed by atoms with van der Waals surface area (Å²) in [4.78, 5) is 0. The lowest BCUT2D eigenvalue weighted by Crippen LogP contribution is -2.31. The van der Waals surface area contributed by atoms with Gasteiger partial charge in [0.25, 0.3) is 0 Å². The molecule has 86 valence electrons. The van der Waals surface area contributed by atoms with E-state index in [2.05, 4.69) is 37.8 Å². The highest BCUT2D eigenvalue weighted by molar-refractivity contribution is 7.99. The third-order valence-corrected chi connectivity index (χ3v) is 3.50. The van der Waals surface area contributed by atoms with Crippen LogP contribution in [0.3, 0.4) is 0 Å². The van der Waals surface area contributed by atoms with Crippen molar-refractivity contribution in [2.45, 2.75) is 58.9 Å². The molecule has 1 nitrogen and oxygen atoms in total. The minimum absolute atomic E-state index is 0.752. The monoisotopic (exact) mass is 217 g/mol. The largest absolute Gasteiger partial charge is 0.313 e. The van der Waals surface area contributed by atoms with E-state index in [0.717, 1.165) is 6.04 Å². The zero-order valence-electron chi connectivity index (χ0n) is 10.1. The van der Waals surface area contributed by atoms with Gasteiger partial charge in [0.1, 0.15) is 0 Å². The molecular weight excluding hydrogens is 190 g/mol. The maximum Gasteiger partial charge on any atom is 0.0158 e. The Hall–Kier alpha value is 0.310. The summed E-state index contributed by atoms with van der Waals surface area (Å²) in [5.41, 5.74) is 0. The molecule has 14 heavy (non-hydrogen) atoms. The van der Waals surface area contributed by atoms with Crippen LogP contribution in [0.1, 0.15) is 52.9 Å². The number of rotatable bonds is 10. The van der Waals surface area contributed by atoms with Crippen LogP contribution in [0.25, 0.3) is 0 Å². The molecule has 0 aliphatic rings. The molecule has 1 unspecified atom stereocenters. The summed E-state index contributed by atoms with van der Waals surface area (Å²) in [5, 5.41) is 3.63. The normalized spacial score (nSPS) is 13.1. The van der Waals surface area contributed by atoms with Crippen molar-refractivity contribution in [3.63, 3.8) is 0 Å². The van der Waals surface area contributed by atoms with Gasteiger partial charge in [-0.05, 0) is 31.6 Å². The summed E-state index contributed by atoms with van der Waals surface area (Å²) < 4.78 is 0. The van der Waals surface area contributed by atoms with E-state index in [0.29, 0.717) is 0 Å². The molecule has 0 spiro atoms. The second-order valence-corrected chi connectivity index (χ2v) is 5.02. The van der Waals surface area contributed by atoms with Crippen LogP contribution in [0.5, 0.6) is 0 Å². The lowest BCUT2D eigenvalue weighted by atomic mass is 10.2. The van der Waals surface area contributed by atoms with Crippen molar-refractivity contribution in [1.29, 1.82) is 0 Å². The minimum Gasteiger partial charge on any atom is -0.313 e. The van der Waals surface area contributed by atoms with Crippen molar-refractivity contribution >= 4 is 11.8 Å². The van der Waals surface area contributed by atoms with E-state index in [4.69, 9.17) is 0 Å². The first-order valence-corrected chi connectivity index (χ1v) is 7.31. The molecule has 0 saturated heterocycles. The van der Waals surface area contributed by atoms with E-state index in [1.807, 2.05) is 0 Å². The number of hydrogen-bond donors (Lipinski definition) is 1. The van der Waals surface area contributed by atoms with Gasteiger partial charge in [-0.25, -0.2) is 0 Å². The standard InChI is InChI=1S/C12H27NS/c1-4-7-10-14-11-12(8-5-2)13-9-6-3/h12-13H,4-11H2,1-3H3. The molecule has 0 bridgehead atoms. The van der Waals surface area contributed by atoms with Crippen molar-refractivity contribution in [2.24, 2.45) is 0 Å². The highest BCUT2D eigenvalue weighted by Gasteiger charge is 2.05. The molecule has 2 heteroatoms. The molecule has 0 aromatic rings. The Kier molecular flexibility index (Phi) is 11.6. The van der Waals surface area contributed by atoms with E-state index < -0.39 is 0 Å². The van der Waals surface area contributed by atoms with Gasteiger partial charge >= 0.3 is 0 Å². The highest BCUT2D eigenvalue weighted by atomic mass is 32.2. The average Bonchev–Trinajstić information content (AvgIpc) is 2.20. The molecule has 1 atom stereocenters. The molecule has 0 saturated carbocycles. The Labute approximate surface area is 94.4 Å². The van der Waals surface area contributed by atoms with Crippen LogP contribution in [0, 0.1) is 0 Å². The molecule has 0 aliphatic heterocycles. The van der Waals surface area contributed by atoms with Gasteiger partial charge in [0, 0.05) is 11.8 Å². The Morgan fingerprint density at radius 2 is 1.86 bits per heavy atom. The van der Waals surface area contributed by atoms with Crippen LogP contribution < -0.4 is 5.32 Å². The van der Waals surface area contributed by atoms with Crippen molar-refractivity contribution in [1.82, 2.24) is 5.32 Å². The van der Waals surface area contributed by atoms with Gasteiger partial charge in [0.2, 0.25) is 0 Å². The minimum atomic E-state index is 0.752. The van der Waals surface area contributed by atoms with Crippen molar-refractivity contribution in [3.8, 4) is 0 Å².